The van der Waals surface area contributed by atoms with E-state index >= 15 is 0 Å². The van der Waals surface area contributed by atoms with Crippen molar-refractivity contribution in [1.29, 1.82) is 0 Å². The van der Waals surface area contributed by atoms with E-state index in [1.165, 1.54) is 11.3 Å². The van der Waals surface area contributed by atoms with Crippen LogP contribution in [0.4, 0.5) is 0 Å². The molecule has 1 aromatic heterocycles. The van der Waals surface area contributed by atoms with Crippen molar-refractivity contribution < 1.29 is 19.4 Å². The zero-order valence-corrected chi connectivity index (χ0v) is 17.7. The van der Waals surface area contributed by atoms with Gasteiger partial charge in [-0.05, 0) is 67.5 Å². The molecule has 1 amide bonds. The highest BCUT2D eigenvalue weighted by Gasteiger charge is 2.50. The molecule has 29 heavy (non-hydrogen) atoms. The fraction of sp³-hybridized carbons (Fsp3) is 0.391. The Hall–Kier alpha value is -2.60. The Morgan fingerprint density at radius 2 is 1.86 bits per heavy atom. The lowest BCUT2D eigenvalue weighted by molar-refractivity contribution is -0.141. The number of thiophene rings is 1. The van der Waals surface area contributed by atoms with Gasteiger partial charge in [-0.15, -0.1) is 11.3 Å². The van der Waals surface area contributed by atoms with E-state index in [1.54, 1.807) is 24.1 Å². The van der Waals surface area contributed by atoms with Crippen LogP contribution in [-0.2, 0) is 9.59 Å². The smallest absolute Gasteiger partial charge is 0.295 e. The fourth-order valence-electron chi connectivity index (χ4n) is 4.50. The van der Waals surface area contributed by atoms with Crippen molar-refractivity contribution in [1.82, 2.24) is 4.90 Å². The summed E-state index contributed by atoms with van der Waals surface area (Å²) in [4.78, 5) is 28.8. The summed E-state index contributed by atoms with van der Waals surface area (Å²) in [5, 5.41) is 13.2. The third-order valence-corrected chi connectivity index (χ3v) is 7.11. The van der Waals surface area contributed by atoms with Crippen LogP contribution in [0.15, 0.2) is 35.2 Å². The second-order valence-corrected chi connectivity index (χ2v) is 8.74. The van der Waals surface area contributed by atoms with Gasteiger partial charge < -0.3 is 14.7 Å². The number of ether oxygens (including phenoxy) is 1. The number of carbonyl (C=O) groups is 2. The molecule has 1 saturated carbocycles. The van der Waals surface area contributed by atoms with E-state index in [9.17, 15) is 14.7 Å². The Morgan fingerprint density at radius 3 is 2.45 bits per heavy atom. The van der Waals surface area contributed by atoms with E-state index in [4.69, 9.17) is 4.74 Å². The standard InChI is InChI=1S/C23H25NO4S/c1-13-10-11-29-22(13)19-18(20(25)17-9-8-16(28-3)12-14(17)2)21(26)23(27)24(19)15-6-4-5-7-15/h8-12,15,19,25H,4-7H2,1-3H3/b20-18+. The van der Waals surface area contributed by atoms with Crippen molar-refractivity contribution in [2.45, 2.75) is 51.6 Å². The molecule has 1 unspecified atom stereocenters. The molecule has 1 N–H and O–H groups in total. The van der Waals surface area contributed by atoms with Gasteiger partial charge in [0.05, 0.1) is 12.7 Å². The second kappa shape index (κ2) is 7.67. The number of Topliss-reactive ketones (excluding diaryl/α,β-unsaturated/α-hetero) is 1. The minimum absolute atomic E-state index is 0.0419. The molecular weight excluding hydrogens is 386 g/mol. The Bertz CT molecular complexity index is 1000. The number of carbonyl (C=O) groups excluding carboxylic acids is 2. The van der Waals surface area contributed by atoms with Gasteiger partial charge in [0.25, 0.3) is 11.7 Å². The van der Waals surface area contributed by atoms with E-state index in [-0.39, 0.29) is 17.4 Å². The summed E-state index contributed by atoms with van der Waals surface area (Å²) >= 11 is 1.53. The summed E-state index contributed by atoms with van der Waals surface area (Å²) < 4.78 is 5.25. The topological polar surface area (TPSA) is 66.8 Å². The van der Waals surface area contributed by atoms with Crippen molar-refractivity contribution >= 4 is 28.8 Å². The lowest BCUT2D eigenvalue weighted by atomic mass is 9.96. The van der Waals surface area contributed by atoms with Crippen LogP contribution >= 0.6 is 11.3 Å². The van der Waals surface area contributed by atoms with E-state index in [0.29, 0.717) is 11.3 Å². The van der Waals surface area contributed by atoms with Crippen LogP contribution in [0.3, 0.4) is 0 Å². The average molecular weight is 412 g/mol. The molecule has 2 aliphatic rings. The van der Waals surface area contributed by atoms with Gasteiger partial charge in [0.2, 0.25) is 0 Å². The summed E-state index contributed by atoms with van der Waals surface area (Å²) in [7, 11) is 1.58. The van der Waals surface area contributed by atoms with Crippen LogP contribution in [0, 0.1) is 13.8 Å². The Kier molecular flexibility index (Phi) is 5.21. The lowest BCUT2D eigenvalue weighted by Gasteiger charge is -2.30. The van der Waals surface area contributed by atoms with E-state index in [2.05, 4.69) is 0 Å². The molecule has 0 bridgehead atoms. The van der Waals surface area contributed by atoms with Crippen LogP contribution in [0.1, 0.15) is 53.3 Å². The van der Waals surface area contributed by atoms with Gasteiger partial charge in [0.15, 0.2) is 0 Å². The van der Waals surface area contributed by atoms with Gasteiger partial charge in [0, 0.05) is 16.5 Å². The first kappa shape index (κ1) is 19.7. The number of nitrogens with zero attached hydrogens (tertiary/aromatic N) is 1. The molecule has 4 rings (SSSR count). The van der Waals surface area contributed by atoms with E-state index in [0.717, 1.165) is 41.7 Å². The first-order valence-corrected chi connectivity index (χ1v) is 10.8. The molecule has 5 nitrogen and oxygen atoms in total. The average Bonchev–Trinajstić information content (AvgIpc) is 3.42. The van der Waals surface area contributed by atoms with Crippen molar-refractivity contribution in [3.63, 3.8) is 0 Å². The van der Waals surface area contributed by atoms with Crippen LogP contribution in [0.5, 0.6) is 5.75 Å². The van der Waals surface area contributed by atoms with Gasteiger partial charge in [0.1, 0.15) is 17.6 Å². The number of ketones is 1. The summed E-state index contributed by atoms with van der Waals surface area (Å²) in [6, 6.07) is 6.81. The molecule has 1 aliphatic heterocycles. The second-order valence-electron chi connectivity index (χ2n) is 7.79. The monoisotopic (exact) mass is 411 g/mol. The number of aliphatic hydroxyl groups excluding tert-OH is 1. The van der Waals surface area contributed by atoms with E-state index < -0.39 is 17.7 Å². The number of likely N-dealkylation sites (tertiary alicyclic amines) is 1. The van der Waals surface area contributed by atoms with Gasteiger partial charge in [-0.25, -0.2) is 0 Å². The number of hydrogen-bond donors (Lipinski definition) is 1. The summed E-state index contributed by atoms with van der Waals surface area (Å²) in [5.41, 5.74) is 2.56. The fourth-order valence-corrected chi connectivity index (χ4v) is 5.54. The maximum Gasteiger partial charge on any atom is 0.295 e. The normalized spacial score (nSPS) is 21.9. The number of aliphatic hydroxyl groups is 1. The van der Waals surface area contributed by atoms with Crippen molar-refractivity contribution in [3.05, 3.63) is 56.8 Å². The summed E-state index contributed by atoms with van der Waals surface area (Å²) in [6.45, 7) is 3.84. The zero-order chi connectivity index (χ0) is 20.7. The minimum atomic E-state index is -0.595. The van der Waals surface area contributed by atoms with Gasteiger partial charge in [-0.3, -0.25) is 9.59 Å². The molecule has 0 radical (unpaired) electrons. The highest BCUT2D eigenvalue weighted by atomic mass is 32.1. The molecule has 6 heteroatoms. The van der Waals surface area contributed by atoms with Crippen LogP contribution in [0.25, 0.3) is 5.76 Å². The van der Waals surface area contributed by atoms with Crippen molar-refractivity contribution in [2.75, 3.05) is 7.11 Å². The lowest BCUT2D eigenvalue weighted by Crippen LogP contribution is -2.37. The van der Waals surface area contributed by atoms with Crippen molar-refractivity contribution in [3.8, 4) is 5.75 Å². The van der Waals surface area contributed by atoms with Gasteiger partial charge >= 0.3 is 0 Å². The highest BCUT2D eigenvalue weighted by Crippen LogP contribution is 2.46. The zero-order valence-electron chi connectivity index (χ0n) is 16.9. The Balaban J connectivity index is 1.89. The number of amides is 1. The Labute approximate surface area is 174 Å². The third kappa shape index (κ3) is 3.25. The quantitative estimate of drug-likeness (QED) is 0.448. The number of aryl methyl sites for hydroxylation is 2. The third-order valence-electron chi connectivity index (χ3n) is 6.04. The SMILES string of the molecule is COc1ccc(/C(O)=C2\C(=O)C(=O)N(C3CCCC3)C2c2sccc2C)c(C)c1. The van der Waals surface area contributed by atoms with Crippen LogP contribution in [0.2, 0.25) is 0 Å². The maximum absolute atomic E-state index is 13.1. The van der Waals surface area contributed by atoms with Crippen LogP contribution in [-0.4, -0.2) is 34.8 Å². The largest absolute Gasteiger partial charge is 0.507 e. The summed E-state index contributed by atoms with van der Waals surface area (Å²) in [5.74, 6) is -0.525. The molecule has 1 aliphatic carbocycles. The maximum atomic E-state index is 13.1. The number of benzene rings is 1. The molecule has 152 valence electrons. The predicted molar refractivity (Wildman–Crippen MR) is 113 cm³/mol. The highest BCUT2D eigenvalue weighted by molar-refractivity contribution is 7.10. The molecule has 1 atom stereocenters. The van der Waals surface area contributed by atoms with E-state index in [1.807, 2.05) is 31.4 Å². The van der Waals surface area contributed by atoms with Gasteiger partial charge in [-0.2, -0.15) is 0 Å². The molecule has 2 aromatic rings. The molecule has 1 aromatic carbocycles. The first-order valence-electron chi connectivity index (χ1n) is 9.93. The van der Waals surface area contributed by atoms with Gasteiger partial charge in [-0.1, -0.05) is 12.8 Å². The first-order chi connectivity index (χ1) is 13.9. The Morgan fingerprint density at radius 1 is 1.14 bits per heavy atom. The number of methoxy groups -OCH3 is 1. The van der Waals surface area contributed by atoms with Crippen molar-refractivity contribution in [2.24, 2.45) is 0 Å². The minimum Gasteiger partial charge on any atom is -0.507 e. The molecule has 0 spiro atoms. The molecular formula is C23H25NO4S. The van der Waals surface area contributed by atoms with Crippen LogP contribution < -0.4 is 4.74 Å². The molecule has 1 saturated heterocycles. The molecule has 2 fully saturated rings. The molecule has 2 heterocycles. The number of rotatable bonds is 4. The predicted octanol–water partition coefficient (Wildman–Crippen LogP) is 4.74. The number of hydrogen-bond acceptors (Lipinski definition) is 5. The summed E-state index contributed by atoms with van der Waals surface area (Å²) in [6.07, 6.45) is 3.91.